The fraction of sp³-hybridized carbons (Fsp3) is 0.182. The number of nitrogens with one attached hydrogen (secondary N) is 1. The zero-order valence-corrected chi connectivity index (χ0v) is 20.2. The van der Waals surface area contributed by atoms with E-state index >= 15 is 0 Å². The largest absolute Gasteiger partial charge is 0.316 e. The summed E-state index contributed by atoms with van der Waals surface area (Å²) in [5.74, 6) is -0.715. The third kappa shape index (κ3) is 5.61. The van der Waals surface area contributed by atoms with Crippen LogP contribution in [0.3, 0.4) is 0 Å². The second-order valence-electron chi connectivity index (χ2n) is 7.45. The van der Waals surface area contributed by atoms with Crippen LogP contribution in [-0.2, 0) is 14.8 Å². The highest BCUT2D eigenvalue weighted by Crippen LogP contribution is 2.26. The summed E-state index contributed by atoms with van der Waals surface area (Å²) in [7, 11) is -3.89. The molecule has 1 heterocycles. The predicted molar refractivity (Wildman–Crippen MR) is 131 cm³/mol. The molecule has 0 bridgehead atoms. The van der Waals surface area contributed by atoms with Crippen molar-refractivity contribution in [2.75, 3.05) is 17.1 Å². The lowest BCUT2D eigenvalue weighted by Crippen LogP contribution is -2.39. The molecule has 34 heavy (non-hydrogen) atoms. The van der Waals surface area contributed by atoms with Crippen molar-refractivity contribution in [3.63, 3.8) is 0 Å². The lowest BCUT2D eigenvalue weighted by atomic mass is 10.2. The summed E-state index contributed by atoms with van der Waals surface area (Å²) in [5.41, 5.74) is 5.31. The molecule has 0 radical (unpaired) electrons. The van der Waals surface area contributed by atoms with Crippen LogP contribution >= 0.6 is 11.6 Å². The Morgan fingerprint density at radius 1 is 1.21 bits per heavy atom. The van der Waals surface area contributed by atoms with Crippen molar-refractivity contribution in [3.8, 4) is 5.69 Å². The summed E-state index contributed by atoms with van der Waals surface area (Å²) < 4.78 is 27.2. The van der Waals surface area contributed by atoms with Gasteiger partial charge in [-0.2, -0.15) is 5.10 Å². The van der Waals surface area contributed by atoms with E-state index in [1.807, 2.05) is 42.7 Å². The van der Waals surface area contributed by atoms with Gasteiger partial charge >= 0.3 is 0 Å². The lowest BCUT2D eigenvalue weighted by molar-refractivity contribution is -0.384. The number of nitro groups is 1. The summed E-state index contributed by atoms with van der Waals surface area (Å²) in [5, 5.41) is 15.5. The molecule has 2 aromatic carbocycles. The molecule has 10 nitrogen and oxygen atoms in total. The second-order valence-corrected chi connectivity index (χ2v) is 9.77. The van der Waals surface area contributed by atoms with E-state index in [1.165, 1.54) is 24.4 Å². The zero-order valence-electron chi connectivity index (χ0n) is 18.6. The molecule has 0 unspecified atom stereocenters. The first kappa shape index (κ1) is 24.9. The van der Waals surface area contributed by atoms with Gasteiger partial charge in [-0.15, -0.1) is 0 Å². The van der Waals surface area contributed by atoms with Gasteiger partial charge in [-0.25, -0.2) is 13.8 Å². The Kier molecular flexibility index (Phi) is 7.38. The van der Waals surface area contributed by atoms with E-state index in [4.69, 9.17) is 11.6 Å². The maximum Gasteiger partial charge on any atom is 0.271 e. The van der Waals surface area contributed by atoms with Crippen molar-refractivity contribution in [2.24, 2.45) is 5.10 Å². The summed E-state index contributed by atoms with van der Waals surface area (Å²) in [6, 6.07) is 14.3. The molecule has 3 rings (SSSR count). The van der Waals surface area contributed by atoms with Crippen LogP contribution in [0, 0.1) is 24.0 Å². The molecule has 0 saturated carbocycles. The van der Waals surface area contributed by atoms with E-state index < -0.39 is 27.4 Å². The third-order valence-corrected chi connectivity index (χ3v) is 6.43. The average Bonchev–Trinajstić information content (AvgIpc) is 3.04. The first-order valence-electron chi connectivity index (χ1n) is 9.97. The SMILES string of the molecule is Cc1cc(/C=N\NC(=O)CN(c2cccc([N+](=O)[O-])c2)S(C)(=O)=O)c(C)n1-c1ccccc1Cl. The van der Waals surface area contributed by atoms with E-state index in [0.29, 0.717) is 5.02 Å². The van der Waals surface area contributed by atoms with Crippen molar-refractivity contribution in [1.82, 2.24) is 9.99 Å². The van der Waals surface area contributed by atoms with Gasteiger partial charge in [0.25, 0.3) is 11.6 Å². The first-order chi connectivity index (χ1) is 16.0. The maximum atomic E-state index is 12.4. The monoisotopic (exact) mass is 503 g/mol. The quantitative estimate of drug-likeness (QED) is 0.285. The smallest absolute Gasteiger partial charge is 0.271 e. The minimum absolute atomic E-state index is 0.000819. The van der Waals surface area contributed by atoms with E-state index in [2.05, 4.69) is 10.5 Å². The molecule has 0 fully saturated rings. The number of para-hydroxylation sites is 1. The molecule has 0 aliphatic carbocycles. The number of hydrazone groups is 1. The standard InChI is InChI=1S/C22H22ClN5O5S/c1-15-11-17(16(2)27(15)21-10-5-4-9-20(21)23)13-24-25-22(29)14-26(34(3,32)33)18-7-6-8-19(12-18)28(30)31/h4-13H,14H2,1-3H3,(H,25,29)/b24-13-. The molecule has 0 saturated heterocycles. The van der Waals surface area contributed by atoms with Gasteiger partial charge in [0.15, 0.2) is 0 Å². The number of sulfonamides is 1. The number of aromatic nitrogens is 1. The Labute approximate surface area is 201 Å². The fourth-order valence-electron chi connectivity index (χ4n) is 3.42. The molecular weight excluding hydrogens is 482 g/mol. The summed E-state index contributed by atoms with van der Waals surface area (Å²) in [6.45, 7) is 3.19. The molecule has 1 amide bonds. The second kappa shape index (κ2) is 10.1. The van der Waals surface area contributed by atoms with Crippen LogP contribution in [0.25, 0.3) is 5.69 Å². The van der Waals surface area contributed by atoms with E-state index in [9.17, 15) is 23.3 Å². The van der Waals surface area contributed by atoms with Crippen molar-refractivity contribution >= 4 is 45.1 Å². The molecule has 3 aromatic rings. The van der Waals surface area contributed by atoms with Gasteiger partial charge in [-0.05, 0) is 38.1 Å². The summed E-state index contributed by atoms with van der Waals surface area (Å²) >= 11 is 6.32. The Hall–Kier alpha value is -3.70. The van der Waals surface area contributed by atoms with Crippen LogP contribution < -0.4 is 9.73 Å². The Bertz CT molecular complexity index is 1380. The number of rotatable bonds is 8. The topological polar surface area (TPSA) is 127 Å². The summed E-state index contributed by atoms with van der Waals surface area (Å²) in [6.07, 6.45) is 2.36. The normalized spacial score (nSPS) is 11.5. The highest BCUT2D eigenvalue weighted by molar-refractivity contribution is 7.92. The van der Waals surface area contributed by atoms with Crippen LogP contribution in [-0.4, -0.2) is 42.8 Å². The molecule has 0 atom stereocenters. The Balaban J connectivity index is 1.77. The molecule has 0 aliphatic heterocycles. The first-order valence-corrected chi connectivity index (χ1v) is 12.2. The van der Waals surface area contributed by atoms with Gasteiger partial charge in [0.05, 0.1) is 33.8 Å². The number of hydrogen-bond acceptors (Lipinski definition) is 6. The van der Waals surface area contributed by atoms with Gasteiger partial charge in [-0.1, -0.05) is 29.8 Å². The Morgan fingerprint density at radius 3 is 2.56 bits per heavy atom. The molecule has 178 valence electrons. The predicted octanol–water partition coefficient (Wildman–Crippen LogP) is 3.57. The fourth-order valence-corrected chi connectivity index (χ4v) is 4.49. The van der Waals surface area contributed by atoms with Gasteiger partial charge in [0.1, 0.15) is 6.54 Å². The number of halogens is 1. The van der Waals surface area contributed by atoms with Gasteiger partial charge in [-0.3, -0.25) is 19.2 Å². The lowest BCUT2D eigenvalue weighted by Gasteiger charge is -2.21. The molecule has 1 N–H and O–H groups in total. The number of carbonyl (C=O) groups is 1. The van der Waals surface area contributed by atoms with Crippen LogP contribution in [0.5, 0.6) is 0 Å². The van der Waals surface area contributed by atoms with Crippen molar-refractivity contribution in [1.29, 1.82) is 0 Å². The van der Waals surface area contributed by atoms with E-state index in [1.54, 1.807) is 6.07 Å². The molecule has 12 heteroatoms. The maximum absolute atomic E-state index is 12.4. The van der Waals surface area contributed by atoms with Crippen LogP contribution in [0.1, 0.15) is 17.0 Å². The molecular formula is C22H22ClN5O5S. The minimum atomic E-state index is -3.89. The number of amides is 1. The Morgan fingerprint density at radius 2 is 1.91 bits per heavy atom. The third-order valence-electron chi connectivity index (χ3n) is 4.97. The van der Waals surface area contributed by atoms with Gasteiger partial charge in [0.2, 0.25) is 10.0 Å². The highest BCUT2D eigenvalue weighted by atomic mass is 35.5. The van der Waals surface area contributed by atoms with Gasteiger partial charge < -0.3 is 4.57 Å². The van der Waals surface area contributed by atoms with Crippen LogP contribution in [0.4, 0.5) is 11.4 Å². The number of hydrogen-bond donors (Lipinski definition) is 1. The van der Waals surface area contributed by atoms with Crippen molar-refractivity contribution in [3.05, 3.63) is 86.7 Å². The number of aryl methyl sites for hydroxylation is 1. The average molecular weight is 504 g/mol. The number of anilines is 1. The van der Waals surface area contributed by atoms with Gasteiger partial charge in [0, 0.05) is 29.1 Å². The summed E-state index contributed by atoms with van der Waals surface area (Å²) in [4.78, 5) is 22.8. The van der Waals surface area contributed by atoms with Crippen LogP contribution in [0.2, 0.25) is 5.02 Å². The number of benzene rings is 2. The number of nitro benzene ring substituents is 1. The number of non-ortho nitro benzene ring substituents is 1. The van der Waals surface area contributed by atoms with E-state index in [-0.39, 0.29) is 11.4 Å². The van der Waals surface area contributed by atoms with Crippen LogP contribution in [0.15, 0.2) is 59.7 Å². The minimum Gasteiger partial charge on any atom is -0.316 e. The van der Waals surface area contributed by atoms with Crippen molar-refractivity contribution in [2.45, 2.75) is 13.8 Å². The molecule has 0 aliphatic rings. The van der Waals surface area contributed by atoms with E-state index in [0.717, 1.165) is 39.3 Å². The highest BCUT2D eigenvalue weighted by Gasteiger charge is 2.22. The van der Waals surface area contributed by atoms with Crippen molar-refractivity contribution < 1.29 is 18.1 Å². The number of carbonyl (C=O) groups excluding carboxylic acids is 1. The number of nitrogens with zero attached hydrogens (tertiary/aromatic N) is 4. The molecule has 1 aromatic heterocycles. The zero-order chi connectivity index (χ0) is 25.0. The molecule has 0 spiro atoms.